The Hall–Kier alpha value is -2.40. The van der Waals surface area contributed by atoms with E-state index in [0.717, 1.165) is 20.7 Å². The van der Waals surface area contributed by atoms with Gasteiger partial charge in [0.25, 0.3) is 5.91 Å². The number of nitrogen functional groups attached to an aromatic ring is 1. The molecule has 3 aromatic rings. The van der Waals surface area contributed by atoms with Gasteiger partial charge < -0.3 is 11.1 Å². The molecule has 3 rings (SSSR count). The summed E-state index contributed by atoms with van der Waals surface area (Å²) in [7, 11) is 0. The zero-order valence-corrected chi connectivity index (χ0v) is 12.4. The second kappa shape index (κ2) is 5.54. The first kappa shape index (κ1) is 13.6. The van der Waals surface area contributed by atoms with Crippen molar-refractivity contribution in [1.82, 2.24) is 10.3 Å². The molecule has 106 valence electrons. The summed E-state index contributed by atoms with van der Waals surface area (Å²) >= 11 is 1.62. The number of carbonyl (C=O) groups excluding carboxylic acids is 1. The molecule has 0 spiro atoms. The predicted octanol–water partition coefficient (Wildman–Crippen LogP) is 3.12. The molecule has 0 aliphatic carbocycles. The third-order valence-corrected chi connectivity index (χ3v) is 4.31. The van der Waals surface area contributed by atoms with E-state index in [9.17, 15) is 4.79 Å². The summed E-state index contributed by atoms with van der Waals surface area (Å²) in [6.07, 6.45) is 0. The minimum Gasteiger partial charge on any atom is -0.383 e. The summed E-state index contributed by atoms with van der Waals surface area (Å²) in [5.74, 6) is 0.483. The average Bonchev–Trinajstić information content (AvgIpc) is 2.88. The molecule has 1 amide bonds. The van der Waals surface area contributed by atoms with Crippen LogP contribution in [0.1, 0.15) is 20.8 Å². The van der Waals surface area contributed by atoms with E-state index in [2.05, 4.69) is 10.3 Å². The standard InChI is InChI=1S/C16H15N3OS/c1-10-7-14-13(19-15(10)17)8-12(21-14)9-18-16(20)11-5-3-2-4-6-11/h2-8H,9H2,1H3,(H2,17,19)(H,18,20). The quantitative estimate of drug-likeness (QED) is 0.780. The van der Waals surface area contributed by atoms with Crippen LogP contribution in [0.3, 0.4) is 0 Å². The summed E-state index contributed by atoms with van der Waals surface area (Å²) in [5, 5.41) is 2.92. The Kier molecular flexibility index (Phi) is 3.58. The van der Waals surface area contributed by atoms with Crippen molar-refractivity contribution < 1.29 is 4.79 Å². The van der Waals surface area contributed by atoms with Crippen molar-refractivity contribution in [3.63, 3.8) is 0 Å². The number of aromatic nitrogens is 1. The number of amides is 1. The Labute approximate surface area is 126 Å². The lowest BCUT2D eigenvalue weighted by molar-refractivity contribution is 0.0951. The van der Waals surface area contributed by atoms with Crippen LogP contribution in [0.25, 0.3) is 10.2 Å². The molecule has 21 heavy (non-hydrogen) atoms. The van der Waals surface area contributed by atoms with Crippen LogP contribution in [0.2, 0.25) is 0 Å². The summed E-state index contributed by atoms with van der Waals surface area (Å²) in [6.45, 7) is 2.44. The van der Waals surface area contributed by atoms with E-state index in [1.54, 1.807) is 23.5 Å². The topological polar surface area (TPSA) is 68.0 Å². The number of hydrogen-bond acceptors (Lipinski definition) is 4. The molecular formula is C16H15N3OS. The number of anilines is 1. The second-order valence-corrected chi connectivity index (χ2v) is 6.00. The van der Waals surface area contributed by atoms with Gasteiger partial charge in [-0.15, -0.1) is 11.3 Å². The number of benzene rings is 1. The van der Waals surface area contributed by atoms with Gasteiger partial charge in [-0.1, -0.05) is 18.2 Å². The molecule has 0 fully saturated rings. The molecule has 0 saturated carbocycles. The molecule has 4 nitrogen and oxygen atoms in total. The number of pyridine rings is 1. The molecule has 3 N–H and O–H groups in total. The van der Waals surface area contributed by atoms with Crippen LogP contribution in [0, 0.1) is 6.92 Å². The van der Waals surface area contributed by atoms with E-state index in [1.807, 2.05) is 37.3 Å². The van der Waals surface area contributed by atoms with Gasteiger partial charge in [-0.05, 0) is 36.8 Å². The molecule has 0 aliphatic heterocycles. The van der Waals surface area contributed by atoms with Gasteiger partial charge >= 0.3 is 0 Å². The molecule has 0 bridgehead atoms. The lowest BCUT2D eigenvalue weighted by Crippen LogP contribution is -2.22. The van der Waals surface area contributed by atoms with Crippen LogP contribution in [0.4, 0.5) is 5.82 Å². The maximum atomic E-state index is 12.0. The van der Waals surface area contributed by atoms with Crippen molar-refractivity contribution in [3.05, 3.63) is 58.5 Å². The Morgan fingerprint density at radius 3 is 2.81 bits per heavy atom. The number of aryl methyl sites for hydroxylation is 1. The first-order valence-corrected chi connectivity index (χ1v) is 7.44. The molecule has 0 saturated heterocycles. The Balaban J connectivity index is 1.75. The monoisotopic (exact) mass is 297 g/mol. The van der Waals surface area contributed by atoms with Crippen LogP contribution in [-0.4, -0.2) is 10.9 Å². The number of nitrogens with zero attached hydrogens (tertiary/aromatic N) is 1. The number of rotatable bonds is 3. The van der Waals surface area contributed by atoms with Crippen LogP contribution >= 0.6 is 11.3 Å². The molecule has 0 aliphatic rings. The third-order valence-electron chi connectivity index (χ3n) is 3.24. The molecule has 1 aromatic carbocycles. The van der Waals surface area contributed by atoms with Crippen molar-refractivity contribution in [3.8, 4) is 0 Å². The van der Waals surface area contributed by atoms with E-state index in [-0.39, 0.29) is 5.91 Å². The molecule has 0 atom stereocenters. The van der Waals surface area contributed by atoms with Crippen LogP contribution < -0.4 is 11.1 Å². The van der Waals surface area contributed by atoms with Crippen molar-refractivity contribution in [2.24, 2.45) is 0 Å². The number of thiophene rings is 1. The van der Waals surface area contributed by atoms with Crippen LogP contribution in [-0.2, 0) is 6.54 Å². The van der Waals surface area contributed by atoms with Gasteiger partial charge in [-0.2, -0.15) is 0 Å². The zero-order valence-electron chi connectivity index (χ0n) is 11.6. The SMILES string of the molecule is Cc1cc2sc(CNC(=O)c3ccccc3)cc2nc1N. The van der Waals surface area contributed by atoms with Gasteiger partial charge in [0.05, 0.1) is 16.8 Å². The highest BCUT2D eigenvalue weighted by atomic mass is 32.1. The summed E-state index contributed by atoms with van der Waals surface area (Å²) in [5.41, 5.74) is 8.34. The highest BCUT2D eigenvalue weighted by Crippen LogP contribution is 2.26. The number of hydrogen-bond donors (Lipinski definition) is 2. The van der Waals surface area contributed by atoms with E-state index in [1.165, 1.54) is 0 Å². The van der Waals surface area contributed by atoms with E-state index in [4.69, 9.17) is 5.73 Å². The van der Waals surface area contributed by atoms with Crippen molar-refractivity contribution in [2.45, 2.75) is 13.5 Å². The molecule has 5 heteroatoms. The fourth-order valence-electron chi connectivity index (χ4n) is 2.07. The molecular weight excluding hydrogens is 282 g/mol. The molecule has 2 aromatic heterocycles. The van der Waals surface area contributed by atoms with Crippen LogP contribution in [0.15, 0.2) is 42.5 Å². The van der Waals surface area contributed by atoms with E-state index < -0.39 is 0 Å². The van der Waals surface area contributed by atoms with E-state index in [0.29, 0.717) is 17.9 Å². The molecule has 0 unspecified atom stereocenters. The van der Waals surface area contributed by atoms with Gasteiger partial charge in [0.2, 0.25) is 0 Å². The van der Waals surface area contributed by atoms with Crippen LogP contribution in [0.5, 0.6) is 0 Å². The fraction of sp³-hybridized carbons (Fsp3) is 0.125. The Morgan fingerprint density at radius 1 is 1.29 bits per heavy atom. The van der Waals surface area contributed by atoms with Crippen molar-refractivity contribution in [2.75, 3.05) is 5.73 Å². The van der Waals surface area contributed by atoms with Gasteiger partial charge in [0.15, 0.2) is 0 Å². The van der Waals surface area contributed by atoms with Crippen molar-refractivity contribution >= 4 is 33.3 Å². The van der Waals surface area contributed by atoms with Crippen molar-refractivity contribution in [1.29, 1.82) is 0 Å². The number of fused-ring (bicyclic) bond motifs is 1. The minimum atomic E-state index is -0.0725. The normalized spacial score (nSPS) is 10.7. The summed E-state index contributed by atoms with van der Waals surface area (Å²) in [6, 6.07) is 13.2. The first-order chi connectivity index (χ1) is 10.1. The van der Waals surface area contributed by atoms with Gasteiger partial charge in [0, 0.05) is 10.4 Å². The zero-order chi connectivity index (χ0) is 14.8. The summed E-state index contributed by atoms with van der Waals surface area (Å²) < 4.78 is 1.09. The first-order valence-electron chi connectivity index (χ1n) is 6.62. The van der Waals surface area contributed by atoms with E-state index >= 15 is 0 Å². The van der Waals surface area contributed by atoms with Gasteiger partial charge in [-0.25, -0.2) is 4.98 Å². The second-order valence-electron chi connectivity index (χ2n) is 4.84. The lowest BCUT2D eigenvalue weighted by Gasteiger charge is -2.02. The lowest BCUT2D eigenvalue weighted by atomic mass is 10.2. The largest absolute Gasteiger partial charge is 0.383 e. The smallest absolute Gasteiger partial charge is 0.251 e. The number of nitrogens with two attached hydrogens (primary N) is 1. The maximum Gasteiger partial charge on any atom is 0.251 e. The predicted molar refractivity (Wildman–Crippen MR) is 86.4 cm³/mol. The third kappa shape index (κ3) is 2.87. The molecule has 0 radical (unpaired) electrons. The Bertz CT molecular complexity index is 757. The van der Waals surface area contributed by atoms with Gasteiger partial charge in [0.1, 0.15) is 5.82 Å². The Morgan fingerprint density at radius 2 is 2.05 bits per heavy atom. The fourth-order valence-corrected chi connectivity index (χ4v) is 3.11. The minimum absolute atomic E-state index is 0.0725. The summed E-state index contributed by atoms with van der Waals surface area (Å²) in [4.78, 5) is 17.4. The van der Waals surface area contributed by atoms with Gasteiger partial charge in [-0.3, -0.25) is 4.79 Å². The average molecular weight is 297 g/mol. The maximum absolute atomic E-state index is 12.0. The molecule has 2 heterocycles. The highest BCUT2D eigenvalue weighted by Gasteiger charge is 2.08. The highest BCUT2D eigenvalue weighted by molar-refractivity contribution is 7.19. The number of nitrogens with one attached hydrogen (secondary N) is 1. The number of carbonyl (C=O) groups is 1.